The fourth-order valence-corrected chi connectivity index (χ4v) is 2.51. The van der Waals surface area contributed by atoms with Gasteiger partial charge < -0.3 is 9.73 Å². The summed E-state index contributed by atoms with van der Waals surface area (Å²) in [6.45, 7) is 7.63. The second kappa shape index (κ2) is 5.36. The summed E-state index contributed by atoms with van der Waals surface area (Å²) in [5, 5.41) is 2.92. The van der Waals surface area contributed by atoms with Crippen molar-refractivity contribution in [3.05, 3.63) is 50.0 Å². The maximum absolute atomic E-state index is 12.3. The predicted octanol–water partition coefficient (Wildman–Crippen LogP) is 4.37. The van der Waals surface area contributed by atoms with Crippen molar-refractivity contribution in [2.24, 2.45) is 0 Å². The van der Waals surface area contributed by atoms with Crippen molar-refractivity contribution < 1.29 is 9.21 Å². The molecule has 19 heavy (non-hydrogen) atoms. The van der Waals surface area contributed by atoms with Crippen LogP contribution in [0.4, 0.5) is 5.69 Å². The first-order chi connectivity index (χ1) is 8.90. The van der Waals surface area contributed by atoms with Crippen LogP contribution in [0.2, 0.25) is 0 Å². The number of rotatable bonds is 2. The van der Waals surface area contributed by atoms with Gasteiger partial charge in [0.05, 0.1) is 5.56 Å². The van der Waals surface area contributed by atoms with Crippen molar-refractivity contribution in [3.8, 4) is 0 Å². The minimum atomic E-state index is -0.119. The molecule has 1 amide bonds. The molecule has 0 saturated carbocycles. The van der Waals surface area contributed by atoms with E-state index >= 15 is 0 Å². The number of anilines is 1. The Hall–Kier alpha value is -1.30. The molecule has 0 fully saturated rings. The van der Waals surface area contributed by atoms with Crippen molar-refractivity contribution in [1.29, 1.82) is 0 Å². The lowest BCUT2D eigenvalue weighted by Crippen LogP contribution is -2.13. The van der Waals surface area contributed by atoms with E-state index in [0.717, 1.165) is 20.6 Å². The Morgan fingerprint density at radius 1 is 1.16 bits per heavy atom. The van der Waals surface area contributed by atoms with E-state index in [1.54, 1.807) is 0 Å². The predicted molar refractivity (Wildman–Crippen MR) is 84.8 cm³/mol. The topological polar surface area (TPSA) is 42.2 Å². The van der Waals surface area contributed by atoms with Crippen LogP contribution in [0.5, 0.6) is 0 Å². The van der Waals surface area contributed by atoms with Gasteiger partial charge in [-0.3, -0.25) is 4.79 Å². The number of halogens is 1. The molecule has 1 aromatic carbocycles. The van der Waals surface area contributed by atoms with Gasteiger partial charge in [-0.1, -0.05) is 6.07 Å². The lowest BCUT2D eigenvalue weighted by Gasteiger charge is -2.07. The van der Waals surface area contributed by atoms with Crippen LogP contribution in [-0.4, -0.2) is 5.91 Å². The van der Waals surface area contributed by atoms with Gasteiger partial charge in [-0.25, -0.2) is 0 Å². The van der Waals surface area contributed by atoms with Gasteiger partial charge in [-0.2, -0.15) is 0 Å². The summed E-state index contributed by atoms with van der Waals surface area (Å²) < 4.78 is 6.62. The first kappa shape index (κ1) is 14.1. The molecular formula is C15H16INO2. The molecule has 0 aliphatic rings. The maximum Gasteiger partial charge on any atom is 0.259 e. The molecule has 100 valence electrons. The number of hydrogen-bond acceptors (Lipinski definition) is 2. The summed E-state index contributed by atoms with van der Waals surface area (Å²) in [4.78, 5) is 12.3. The Morgan fingerprint density at radius 2 is 1.84 bits per heavy atom. The fourth-order valence-electron chi connectivity index (χ4n) is 1.99. The standard InChI is InChI=1S/C15H16INO2/c1-8-5-6-12(7-13(8)16)17-15(18)14-9(2)10(3)19-11(14)4/h5-7H,1-4H3,(H,17,18). The highest BCUT2D eigenvalue weighted by atomic mass is 127. The van der Waals surface area contributed by atoms with Crippen LogP contribution < -0.4 is 5.32 Å². The van der Waals surface area contributed by atoms with Gasteiger partial charge in [0.25, 0.3) is 5.91 Å². The Bertz CT molecular complexity index is 644. The second-order valence-electron chi connectivity index (χ2n) is 4.63. The summed E-state index contributed by atoms with van der Waals surface area (Å²) in [5.74, 6) is 1.34. The minimum Gasteiger partial charge on any atom is -0.466 e. The SMILES string of the molecule is Cc1ccc(NC(=O)c2c(C)oc(C)c2C)cc1I. The molecule has 0 radical (unpaired) electrons. The molecule has 4 heteroatoms. The van der Waals surface area contributed by atoms with Crippen LogP contribution in [-0.2, 0) is 0 Å². The van der Waals surface area contributed by atoms with Gasteiger partial charge in [0.15, 0.2) is 0 Å². The van der Waals surface area contributed by atoms with Crippen LogP contribution in [0, 0.1) is 31.3 Å². The molecule has 1 N–H and O–H groups in total. The van der Waals surface area contributed by atoms with E-state index in [4.69, 9.17) is 4.42 Å². The van der Waals surface area contributed by atoms with E-state index in [1.807, 2.05) is 45.9 Å². The van der Waals surface area contributed by atoms with E-state index < -0.39 is 0 Å². The normalized spacial score (nSPS) is 10.6. The number of carbonyl (C=O) groups excluding carboxylic acids is 1. The molecule has 0 bridgehead atoms. The number of amides is 1. The molecule has 1 aromatic heterocycles. The molecule has 0 spiro atoms. The second-order valence-corrected chi connectivity index (χ2v) is 5.79. The Balaban J connectivity index is 2.28. The monoisotopic (exact) mass is 369 g/mol. The van der Waals surface area contributed by atoms with Gasteiger partial charge in [-0.05, 0) is 68.0 Å². The Kier molecular flexibility index (Phi) is 3.99. The highest BCUT2D eigenvalue weighted by Gasteiger charge is 2.18. The molecule has 0 atom stereocenters. The highest BCUT2D eigenvalue weighted by molar-refractivity contribution is 14.1. The first-order valence-electron chi connectivity index (χ1n) is 6.04. The van der Waals surface area contributed by atoms with Crippen molar-refractivity contribution in [2.45, 2.75) is 27.7 Å². The quantitative estimate of drug-likeness (QED) is 0.799. The van der Waals surface area contributed by atoms with E-state index in [1.165, 1.54) is 5.56 Å². The van der Waals surface area contributed by atoms with Crippen LogP contribution in [0.3, 0.4) is 0 Å². The highest BCUT2D eigenvalue weighted by Crippen LogP contribution is 2.23. The largest absolute Gasteiger partial charge is 0.466 e. The van der Waals surface area contributed by atoms with Crippen molar-refractivity contribution >= 4 is 34.2 Å². The van der Waals surface area contributed by atoms with Gasteiger partial charge in [-0.15, -0.1) is 0 Å². The van der Waals surface area contributed by atoms with Crippen LogP contribution >= 0.6 is 22.6 Å². The Labute approximate surface area is 126 Å². The summed E-state index contributed by atoms with van der Waals surface area (Å²) >= 11 is 2.26. The smallest absolute Gasteiger partial charge is 0.259 e. The molecule has 0 saturated heterocycles. The maximum atomic E-state index is 12.3. The molecule has 3 nitrogen and oxygen atoms in total. The van der Waals surface area contributed by atoms with Crippen molar-refractivity contribution in [1.82, 2.24) is 0 Å². The average Bonchev–Trinajstić information content (AvgIpc) is 2.58. The minimum absolute atomic E-state index is 0.119. The molecular weight excluding hydrogens is 353 g/mol. The van der Waals surface area contributed by atoms with Crippen LogP contribution in [0.1, 0.15) is 33.0 Å². The zero-order chi connectivity index (χ0) is 14.2. The van der Waals surface area contributed by atoms with Gasteiger partial charge in [0, 0.05) is 14.8 Å². The third-order valence-electron chi connectivity index (χ3n) is 3.22. The number of benzene rings is 1. The average molecular weight is 369 g/mol. The molecule has 0 unspecified atom stereocenters. The summed E-state index contributed by atoms with van der Waals surface area (Å²) in [6.07, 6.45) is 0. The molecule has 2 rings (SSSR count). The molecule has 1 heterocycles. The van der Waals surface area contributed by atoms with E-state index in [2.05, 4.69) is 27.9 Å². The van der Waals surface area contributed by atoms with E-state index in [9.17, 15) is 4.79 Å². The number of carbonyl (C=O) groups is 1. The lowest BCUT2D eigenvalue weighted by atomic mass is 10.1. The summed E-state index contributed by atoms with van der Waals surface area (Å²) in [7, 11) is 0. The van der Waals surface area contributed by atoms with E-state index in [-0.39, 0.29) is 5.91 Å². The zero-order valence-corrected chi connectivity index (χ0v) is 13.6. The van der Waals surface area contributed by atoms with Crippen LogP contribution in [0.25, 0.3) is 0 Å². The molecule has 0 aliphatic heterocycles. The number of hydrogen-bond donors (Lipinski definition) is 1. The Morgan fingerprint density at radius 3 is 2.37 bits per heavy atom. The first-order valence-corrected chi connectivity index (χ1v) is 7.12. The third-order valence-corrected chi connectivity index (χ3v) is 4.38. The van der Waals surface area contributed by atoms with Crippen molar-refractivity contribution in [2.75, 3.05) is 5.32 Å². The lowest BCUT2D eigenvalue weighted by molar-refractivity contribution is 0.102. The van der Waals surface area contributed by atoms with E-state index in [0.29, 0.717) is 11.3 Å². The van der Waals surface area contributed by atoms with Gasteiger partial charge in [0.2, 0.25) is 0 Å². The summed E-state index contributed by atoms with van der Waals surface area (Å²) in [5.41, 5.74) is 3.53. The molecule has 2 aromatic rings. The number of aryl methyl sites for hydroxylation is 3. The third kappa shape index (κ3) is 2.83. The fraction of sp³-hybridized carbons (Fsp3) is 0.267. The van der Waals surface area contributed by atoms with Crippen molar-refractivity contribution in [3.63, 3.8) is 0 Å². The number of nitrogens with one attached hydrogen (secondary N) is 1. The summed E-state index contributed by atoms with van der Waals surface area (Å²) in [6, 6.07) is 5.87. The zero-order valence-electron chi connectivity index (χ0n) is 11.4. The number of furan rings is 1. The molecule has 0 aliphatic carbocycles. The van der Waals surface area contributed by atoms with Crippen LogP contribution in [0.15, 0.2) is 22.6 Å². The van der Waals surface area contributed by atoms with Gasteiger partial charge in [0.1, 0.15) is 11.5 Å². The van der Waals surface area contributed by atoms with Gasteiger partial charge >= 0.3 is 0 Å².